The molecule has 0 bridgehead atoms. The molecular formula is C27H20N2O6. The van der Waals surface area contributed by atoms with Crippen LogP contribution in [0.4, 0.5) is 0 Å². The number of rotatable bonds is 4. The Labute approximate surface area is 200 Å². The Morgan fingerprint density at radius 1 is 1.06 bits per heavy atom. The van der Waals surface area contributed by atoms with E-state index >= 15 is 0 Å². The lowest BCUT2D eigenvalue weighted by Crippen LogP contribution is -2.26. The lowest BCUT2D eigenvalue weighted by molar-refractivity contribution is 0.387. The molecule has 0 saturated heterocycles. The first-order chi connectivity index (χ1) is 16.9. The summed E-state index contributed by atoms with van der Waals surface area (Å²) in [6, 6.07) is 19.2. The highest BCUT2D eigenvalue weighted by molar-refractivity contribution is 5.87. The number of hydrogen-bond donors (Lipinski definition) is 2. The van der Waals surface area contributed by atoms with Gasteiger partial charge in [-0.3, -0.25) is 0 Å². The molecule has 0 spiro atoms. The summed E-state index contributed by atoms with van der Waals surface area (Å²) in [5.41, 5.74) is 8.07. The normalized spacial score (nSPS) is 14.7. The van der Waals surface area contributed by atoms with Crippen molar-refractivity contribution in [3.8, 4) is 40.2 Å². The average Bonchev–Trinajstić information content (AvgIpc) is 2.88. The monoisotopic (exact) mass is 468 g/mol. The third-order valence-corrected chi connectivity index (χ3v) is 5.99. The van der Waals surface area contributed by atoms with Gasteiger partial charge in [0.05, 0.1) is 31.1 Å². The molecular weight excluding hydrogens is 448 g/mol. The van der Waals surface area contributed by atoms with Crippen LogP contribution in [0.25, 0.3) is 22.1 Å². The first kappa shape index (κ1) is 21.9. The fourth-order valence-corrected chi connectivity index (χ4v) is 4.36. The Morgan fingerprint density at radius 3 is 2.63 bits per heavy atom. The number of methoxy groups -OCH3 is 2. The molecule has 1 aromatic heterocycles. The first-order valence-corrected chi connectivity index (χ1v) is 10.6. The van der Waals surface area contributed by atoms with Crippen LogP contribution in [0, 0.1) is 11.3 Å². The summed E-state index contributed by atoms with van der Waals surface area (Å²) in [7, 11) is 3.15. The van der Waals surface area contributed by atoms with E-state index in [1.807, 2.05) is 30.3 Å². The third-order valence-electron chi connectivity index (χ3n) is 5.99. The molecule has 1 unspecified atom stereocenters. The molecule has 8 nitrogen and oxygen atoms in total. The SMILES string of the molecule is COc1cccc(-c2cc(C3C(C#N)=C(N)Oc4c3c(=O)oc3ccc(O)cc43)ccc2OC)c1. The van der Waals surface area contributed by atoms with Gasteiger partial charge < -0.3 is 29.5 Å². The maximum absolute atomic E-state index is 13.2. The van der Waals surface area contributed by atoms with Crippen LogP contribution in [0.15, 0.2) is 81.3 Å². The van der Waals surface area contributed by atoms with Crippen molar-refractivity contribution in [1.29, 1.82) is 5.26 Å². The van der Waals surface area contributed by atoms with E-state index in [1.54, 1.807) is 26.4 Å². The van der Waals surface area contributed by atoms with E-state index in [9.17, 15) is 15.2 Å². The number of phenols is 1. The Morgan fingerprint density at radius 2 is 1.89 bits per heavy atom. The van der Waals surface area contributed by atoms with Gasteiger partial charge in [-0.15, -0.1) is 0 Å². The smallest absolute Gasteiger partial charge is 0.344 e. The van der Waals surface area contributed by atoms with Crippen LogP contribution in [-0.4, -0.2) is 19.3 Å². The van der Waals surface area contributed by atoms with Crippen LogP contribution in [0.1, 0.15) is 17.0 Å². The van der Waals surface area contributed by atoms with Gasteiger partial charge >= 0.3 is 5.63 Å². The van der Waals surface area contributed by atoms with Crippen LogP contribution < -0.4 is 25.6 Å². The highest BCUT2D eigenvalue weighted by Crippen LogP contribution is 2.45. The standard InChI is InChI=1S/C27H20N2O6/c1-32-17-5-3-4-14(10-17)18-11-15(6-8-21(18)33-2)23-20(13-28)26(29)35-25-19-12-16(30)7-9-22(19)34-27(31)24(23)25/h3-12,23,30H,29H2,1-2H3. The molecule has 0 amide bonds. The summed E-state index contributed by atoms with van der Waals surface area (Å²) in [6.07, 6.45) is 0. The molecule has 1 aliphatic rings. The van der Waals surface area contributed by atoms with Crippen LogP contribution in [0.2, 0.25) is 0 Å². The van der Waals surface area contributed by atoms with Crippen molar-refractivity contribution in [2.24, 2.45) is 5.73 Å². The van der Waals surface area contributed by atoms with Crippen molar-refractivity contribution < 1.29 is 23.7 Å². The Bertz CT molecular complexity index is 1610. The number of phenolic OH excluding ortho intramolecular Hbond substituents is 1. The number of nitrogens with zero attached hydrogens (tertiary/aromatic N) is 1. The van der Waals surface area contributed by atoms with Crippen molar-refractivity contribution in [1.82, 2.24) is 0 Å². The van der Waals surface area contributed by atoms with Crippen molar-refractivity contribution >= 4 is 11.0 Å². The maximum Gasteiger partial charge on any atom is 0.344 e. The van der Waals surface area contributed by atoms with Gasteiger partial charge in [0.15, 0.2) is 5.75 Å². The topological polar surface area (TPSA) is 128 Å². The summed E-state index contributed by atoms with van der Waals surface area (Å²) in [5.74, 6) is 0.390. The average molecular weight is 468 g/mol. The number of aromatic hydroxyl groups is 1. The summed E-state index contributed by atoms with van der Waals surface area (Å²) in [6.45, 7) is 0. The van der Waals surface area contributed by atoms with Crippen molar-refractivity contribution in [2.75, 3.05) is 14.2 Å². The Balaban J connectivity index is 1.79. The maximum atomic E-state index is 13.2. The third kappa shape index (κ3) is 3.60. The van der Waals surface area contributed by atoms with E-state index in [-0.39, 0.29) is 34.1 Å². The minimum absolute atomic E-state index is 0.0351. The number of nitrogens with two attached hydrogens (primary N) is 1. The number of benzene rings is 3. The second-order valence-electron chi connectivity index (χ2n) is 7.93. The first-order valence-electron chi connectivity index (χ1n) is 10.6. The quantitative estimate of drug-likeness (QED) is 0.422. The summed E-state index contributed by atoms with van der Waals surface area (Å²) in [4.78, 5) is 13.2. The number of hydrogen-bond acceptors (Lipinski definition) is 8. The number of ether oxygens (including phenoxy) is 3. The number of fused-ring (bicyclic) bond motifs is 3. The summed E-state index contributed by atoms with van der Waals surface area (Å²) in [5, 5.41) is 20.3. The molecule has 0 aliphatic carbocycles. The van der Waals surface area contributed by atoms with Crippen LogP contribution >= 0.6 is 0 Å². The zero-order chi connectivity index (χ0) is 24.7. The molecule has 35 heavy (non-hydrogen) atoms. The molecule has 2 heterocycles. The zero-order valence-corrected chi connectivity index (χ0v) is 18.9. The molecule has 5 rings (SSSR count). The second kappa shape index (κ2) is 8.47. The van der Waals surface area contributed by atoms with Crippen LogP contribution in [0.5, 0.6) is 23.0 Å². The van der Waals surface area contributed by atoms with Crippen LogP contribution in [-0.2, 0) is 0 Å². The molecule has 0 radical (unpaired) electrons. The minimum atomic E-state index is -0.859. The molecule has 174 valence electrons. The predicted molar refractivity (Wildman–Crippen MR) is 128 cm³/mol. The molecule has 8 heteroatoms. The van der Waals surface area contributed by atoms with E-state index in [2.05, 4.69) is 6.07 Å². The predicted octanol–water partition coefficient (Wildman–Crippen LogP) is 4.40. The molecule has 4 aromatic rings. The minimum Gasteiger partial charge on any atom is -0.508 e. The summed E-state index contributed by atoms with van der Waals surface area (Å²) >= 11 is 0. The van der Waals surface area contributed by atoms with Gasteiger partial charge in [-0.05, 0) is 53.6 Å². The van der Waals surface area contributed by atoms with Gasteiger partial charge in [0, 0.05) is 5.56 Å². The highest BCUT2D eigenvalue weighted by Gasteiger charge is 2.36. The lowest BCUT2D eigenvalue weighted by Gasteiger charge is -2.26. The molecule has 1 atom stereocenters. The van der Waals surface area contributed by atoms with Crippen molar-refractivity contribution in [3.63, 3.8) is 0 Å². The zero-order valence-electron chi connectivity index (χ0n) is 18.9. The molecule has 0 saturated carbocycles. The Kier molecular flexibility index (Phi) is 5.30. The van der Waals surface area contributed by atoms with E-state index in [1.165, 1.54) is 18.2 Å². The van der Waals surface area contributed by atoms with Gasteiger partial charge in [0.25, 0.3) is 0 Å². The summed E-state index contributed by atoms with van der Waals surface area (Å²) < 4.78 is 22.2. The van der Waals surface area contributed by atoms with E-state index < -0.39 is 11.5 Å². The fraction of sp³-hybridized carbons (Fsp3) is 0.111. The van der Waals surface area contributed by atoms with Gasteiger partial charge in [0.1, 0.15) is 34.5 Å². The van der Waals surface area contributed by atoms with E-state index in [0.29, 0.717) is 22.4 Å². The van der Waals surface area contributed by atoms with Gasteiger partial charge in [-0.25, -0.2) is 4.79 Å². The van der Waals surface area contributed by atoms with E-state index in [4.69, 9.17) is 24.4 Å². The van der Waals surface area contributed by atoms with E-state index in [0.717, 1.165) is 11.1 Å². The fourth-order valence-electron chi connectivity index (χ4n) is 4.36. The van der Waals surface area contributed by atoms with Gasteiger partial charge in [-0.2, -0.15) is 5.26 Å². The number of nitriles is 1. The number of allylic oxidation sites excluding steroid dienone is 1. The molecule has 3 aromatic carbocycles. The van der Waals surface area contributed by atoms with Gasteiger partial charge in [-0.1, -0.05) is 18.2 Å². The van der Waals surface area contributed by atoms with Gasteiger partial charge in [0.2, 0.25) is 5.88 Å². The van der Waals surface area contributed by atoms with Crippen LogP contribution in [0.3, 0.4) is 0 Å². The van der Waals surface area contributed by atoms with Crippen molar-refractivity contribution in [2.45, 2.75) is 5.92 Å². The highest BCUT2D eigenvalue weighted by atomic mass is 16.5. The largest absolute Gasteiger partial charge is 0.508 e. The Hall–Kier alpha value is -4.90. The molecule has 0 fully saturated rings. The lowest BCUT2D eigenvalue weighted by atomic mass is 9.82. The molecule has 1 aliphatic heterocycles. The second-order valence-corrected chi connectivity index (χ2v) is 7.93. The van der Waals surface area contributed by atoms with Crippen molar-refractivity contribution in [3.05, 3.63) is 93.7 Å². The molecule has 3 N–H and O–H groups in total.